The predicted octanol–water partition coefficient (Wildman–Crippen LogP) is 4.57. The number of carbonyl (C=O) groups excluding carboxylic acids is 1. The molecule has 0 atom stereocenters. The van der Waals surface area contributed by atoms with Crippen LogP contribution in [0.4, 0.5) is 5.69 Å². The van der Waals surface area contributed by atoms with Gasteiger partial charge in [-0.2, -0.15) is 0 Å². The second kappa shape index (κ2) is 8.20. The standard InChI is InChI=1S/C24H20N2O4S/c1-30-18-12-10-16(11-13-18)23-15-21(20-8-3-4-9-22(20)26-23)24(27)25-17-6-5-7-19(14-17)31(2,28)29/h3-15H,1-2H3,(H,25,27). The van der Waals surface area contributed by atoms with E-state index in [1.165, 1.54) is 12.1 Å². The summed E-state index contributed by atoms with van der Waals surface area (Å²) >= 11 is 0. The minimum atomic E-state index is -3.38. The summed E-state index contributed by atoms with van der Waals surface area (Å²) in [5.41, 5.74) is 3.03. The van der Waals surface area contributed by atoms with Crippen LogP contribution in [-0.4, -0.2) is 32.7 Å². The molecule has 156 valence electrons. The summed E-state index contributed by atoms with van der Waals surface area (Å²) in [6.45, 7) is 0. The van der Waals surface area contributed by atoms with Crippen LogP contribution < -0.4 is 10.1 Å². The Kier molecular flexibility index (Phi) is 5.44. The van der Waals surface area contributed by atoms with Crippen molar-refractivity contribution in [1.82, 2.24) is 4.98 Å². The lowest BCUT2D eigenvalue weighted by atomic mass is 10.0. The fourth-order valence-corrected chi connectivity index (χ4v) is 3.94. The van der Waals surface area contributed by atoms with Crippen LogP contribution >= 0.6 is 0 Å². The van der Waals surface area contributed by atoms with Gasteiger partial charge in [0.2, 0.25) is 0 Å². The number of amides is 1. The van der Waals surface area contributed by atoms with Crippen LogP contribution in [0, 0.1) is 0 Å². The summed E-state index contributed by atoms with van der Waals surface area (Å²) in [7, 11) is -1.78. The third-order valence-electron chi connectivity index (χ3n) is 4.87. The summed E-state index contributed by atoms with van der Waals surface area (Å²) < 4.78 is 28.9. The van der Waals surface area contributed by atoms with Crippen molar-refractivity contribution in [3.05, 3.63) is 84.4 Å². The van der Waals surface area contributed by atoms with Crippen molar-refractivity contribution in [3.8, 4) is 17.0 Å². The van der Waals surface area contributed by atoms with Crippen molar-refractivity contribution >= 4 is 32.3 Å². The molecular weight excluding hydrogens is 412 g/mol. The third-order valence-corrected chi connectivity index (χ3v) is 5.98. The van der Waals surface area contributed by atoms with Crippen LogP contribution in [0.25, 0.3) is 22.2 Å². The van der Waals surface area contributed by atoms with Gasteiger partial charge in [-0.3, -0.25) is 4.79 Å². The summed E-state index contributed by atoms with van der Waals surface area (Å²) in [6, 6.07) is 22.8. The fourth-order valence-electron chi connectivity index (χ4n) is 3.28. The lowest BCUT2D eigenvalue weighted by Crippen LogP contribution is -2.13. The zero-order valence-electron chi connectivity index (χ0n) is 17.0. The number of hydrogen-bond acceptors (Lipinski definition) is 5. The van der Waals surface area contributed by atoms with Gasteiger partial charge < -0.3 is 10.1 Å². The number of carbonyl (C=O) groups is 1. The van der Waals surface area contributed by atoms with Crippen LogP contribution in [0.3, 0.4) is 0 Å². The molecule has 31 heavy (non-hydrogen) atoms. The van der Waals surface area contributed by atoms with Gasteiger partial charge in [0.1, 0.15) is 5.75 Å². The van der Waals surface area contributed by atoms with E-state index in [1.807, 2.05) is 48.5 Å². The van der Waals surface area contributed by atoms with Crippen molar-refractivity contribution < 1.29 is 17.9 Å². The Balaban J connectivity index is 1.76. The van der Waals surface area contributed by atoms with Gasteiger partial charge in [0.25, 0.3) is 5.91 Å². The number of pyridine rings is 1. The molecule has 0 fully saturated rings. The summed E-state index contributed by atoms with van der Waals surface area (Å²) in [5.74, 6) is 0.382. The molecule has 0 aliphatic heterocycles. The first-order chi connectivity index (χ1) is 14.8. The zero-order valence-corrected chi connectivity index (χ0v) is 17.8. The Bertz CT molecular complexity index is 1380. The van der Waals surface area contributed by atoms with Gasteiger partial charge in [-0.05, 0) is 54.6 Å². The summed E-state index contributed by atoms with van der Waals surface area (Å²) in [4.78, 5) is 18.0. The Labute approximate surface area is 180 Å². The second-order valence-corrected chi connectivity index (χ2v) is 9.07. The fraction of sp³-hybridized carbons (Fsp3) is 0.0833. The molecule has 0 bridgehead atoms. The van der Waals surface area contributed by atoms with Crippen LogP contribution in [0.2, 0.25) is 0 Å². The lowest BCUT2D eigenvalue weighted by Gasteiger charge is -2.11. The molecule has 0 saturated heterocycles. The number of para-hydroxylation sites is 1. The van der Waals surface area contributed by atoms with Gasteiger partial charge in [0.15, 0.2) is 9.84 Å². The molecule has 1 N–H and O–H groups in total. The third kappa shape index (κ3) is 4.41. The number of nitrogens with zero attached hydrogens (tertiary/aromatic N) is 1. The highest BCUT2D eigenvalue weighted by Crippen LogP contribution is 2.27. The van der Waals surface area contributed by atoms with Gasteiger partial charge in [-0.25, -0.2) is 13.4 Å². The van der Waals surface area contributed by atoms with Gasteiger partial charge >= 0.3 is 0 Å². The minimum Gasteiger partial charge on any atom is -0.497 e. The number of benzene rings is 3. The zero-order chi connectivity index (χ0) is 22.0. The highest BCUT2D eigenvalue weighted by Gasteiger charge is 2.15. The monoisotopic (exact) mass is 432 g/mol. The largest absolute Gasteiger partial charge is 0.497 e. The van der Waals surface area contributed by atoms with E-state index < -0.39 is 9.84 Å². The van der Waals surface area contributed by atoms with E-state index in [0.717, 1.165) is 17.6 Å². The maximum atomic E-state index is 13.2. The first-order valence-electron chi connectivity index (χ1n) is 9.51. The van der Waals surface area contributed by atoms with Crippen molar-refractivity contribution in [2.75, 3.05) is 18.7 Å². The molecule has 0 spiro atoms. The molecule has 0 saturated carbocycles. The number of aromatic nitrogens is 1. The Morgan fingerprint density at radius 1 is 0.935 bits per heavy atom. The van der Waals surface area contributed by atoms with Gasteiger partial charge in [0.05, 0.1) is 28.8 Å². The highest BCUT2D eigenvalue weighted by atomic mass is 32.2. The SMILES string of the molecule is COc1ccc(-c2cc(C(=O)Nc3cccc(S(C)(=O)=O)c3)c3ccccc3n2)cc1. The smallest absolute Gasteiger partial charge is 0.256 e. The van der Waals surface area contributed by atoms with E-state index in [9.17, 15) is 13.2 Å². The normalized spacial score (nSPS) is 11.3. The number of ether oxygens (including phenoxy) is 1. The van der Waals surface area contributed by atoms with Crippen LogP contribution in [0.15, 0.2) is 83.8 Å². The van der Waals surface area contributed by atoms with E-state index in [0.29, 0.717) is 27.8 Å². The first-order valence-corrected chi connectivity index (χ1v) is 11.4. The summed E-state index contributed by atoms with van der Waals surface area (Å²) in [5, 5.41) is 3.51. The Morgan fingerprint density at radius 2 is 1.68 bits per heavy atom. The van der Waals surface area contributed by atoms with Crippen molar-refractivity contribution in [3.63, 3.8) is 0 Å². The Morgan fingerprint density at radius 3 is 2.39 bits per heavy atom. The molecule has 0 aliphatic rings. The molecule has 3 aromatic carbocycles. The molecule has 4 rings (SSSR count). The molecule has 1 heterocycles. The number of rotatable bonds is 5. The second-order valence-electron chi connectivity index (χ2n) is 7.05. The van der Waals surface area contributed by atoms with Crippen LogP contribution in [0.1, 0.15) is 10.4 Å². The highest BCUT2D eigenvalue weighted by molar-refractivity contribution is 7.90. The van der Waals surface area contributed by atoms with E-state index >= 15 is 0 Å². The van der Waals surface area contributed by atoms with Crippen LogP contribution in [0.5, 0.6) is 5.75 Å². The Hall–Kier alpha value is -3.71. The van der Waals surface area contributed by atoms with Crippen molar-refractivity contribution in [2.24, 2.45) is 0 Å². The average Bonchev–Trinajstić information content (AvgIpc) is 2.78. The van der Waals surface area contributed by atoms with Crippen molar-refractivity contribution in [2.45, 2.75) is 4.90 Å². The van der Waals surface area contributed by atoms with E-state index in [2.05, 4.69) is 5.32 Å². The predicted molar refractivity (Wildman–Crippen MR) is 121 cm³/mol. The lowest BCUT2D eigenvalue weighted by molar-refractivity contribution is 0.102. The average molecular weight is 433 g/mol. The number of hydrogen-bond donors (Lipinski definition) is 1. The molecule has 4 aromatic rings. The molecule has 0 unspecified atom stereocenters. The molecule has 7 heteroatoms. The van der Waals surface area contributed by atoms with Gasteiger partial charge in [-0.1, -0.05) is 24.3 Å². The maximum absolute atomic E-state index is 13.2. The van der Waals surface area contributed by atoms with E-state index in [1.54, 1.807) is 25.3 Å². The molecule has 0 aliphatic carbocycles. The van der Waals surface area contributed by atoms with E-state index in [-0.39, 0.29) is 10.8 Å². The summed E-state index contributed by atoms with van der Waals surface area (Å²) in [6.07, 6.45) is 1.13. The van der Waals surface area contributed by atoms with Crippen molar-refractivity contribution in [1.29, 1.82) is 0 Å². The number of methoxy groups -OCH3 is 1. The number of fused-ring (bicyclic) bond motifs is 1. The number of nitrogens with one attached hydrogen (secondary N) is 1. The topological polar surface area (TPSA) is 85.4 Å². The number of sulfone groups is 1. The molecular formula is C24H20N2O4S. The molecule has 6 nitrogen and oxygen atoms in total. The minimum absolute atomic E-state index is 0.142. The number of anilines is 1. The molecule has 0 radical (unpaired) electrons. The van der Waals surface area contributed by atoms with Crippen LogP contribution in [-0.2, 0) is 9.84 Å². The van der Waals surface area contributed by atoms with Gasteiger partial charge in [0, 0.05) is 22.9 Å². The first kappa shape index (κ1) is 20.6. The molecule has 1 amide bonds. The quantitative estimate of drug-likeness (QED) is 0.499. The van der Waals surface area contributed by atoms with E-state index in [4.69, 9.17) is 9.72 Å². The maximum Gasteiger partial charge on any atom is 0.256 e. The molecule has 1 aromatic heterocycles. The van der Waals surface area contributed by atoms with Gasteiger partial charge in [-0.15, -0.1) is 0 Å².